The van der Waals surface area contributed by atoms with Crippen molar-refractivity contribution in [1.29, 1.82) is 0 Å². The normalized spacial score (nSPS) is 14.6. The van der Waals surface area contributed by atoms with E-state index in [0.717, 1.165) is 5.56 Å². The minimum absolute atomic E-state index is 0.123. The van der Waals surface area contributed by atoms with Crippen LogP contribution in [0.15, 0.2) is 48.5 Å². The molecule has 0 aliphatic heterocycles. The summed E-state index contributed by atoms with van der Waals surface area (Å²) in [6.07, 6.45) is -5.66. The molecule has 0 unspecified atom stereocenters. The van der Waals surface area contributed by atoms with E-state index < -0.39 is 29.7 Å². The molecule has 2 atom stereocenters. The topological polar surface area (TPSA) is 46.2 Å². The molecule has 118 valence electrons. The molecule has 0 amide bonds. The van der Waals surface area contributed by atoms with Gasteiger partial charge in [-0.25, -0.2) is 4.39 Å². The van der Waals surface area contributed by atoms with Gasteiger partial charge in [-0.1, -0.05) is 30.3 Å². The fourth-order valence-electron chi connectivity index (χ4n) is 2.17. The number of hydrogen-bond acceptors (Lipinski definition) is 2. The Labute approximate surface area is 125 Å². The predicted molar refractivity (Wildman–Crippen MR) is 74.5 cm³/mol. The molecule has 2 aromatic carbocycles. The molecule has 0 aliphatic carbocycles. The maximum Gasteiger partial charge on any atom is 0.416 e. The molecule has 0 heterocycles. The molecule has 0 aliphatic rings. The van der Waals surface area contributed by atoms with Crippen LogP contribution in [0.3, 0.4) is 0 Å². The van der Waals surface area contributed by atoms with Crippen molar-refractivity contribution in [2.75, 3.05) is 0 Å². The molecule has 2 nitrogen and oxygen atoms in total. The molecule has 0 fully saturated rings. The second kappa shape index (κ2) is 6.46. The summed E-state index contributed by atoms with van der Waals surface area (Å²) in [6.45, 7) is 0. The molecular weight excluding hydrogens is 298 g/mol. The molecule has 6 heteroatoms. The van der Waals surface area contributed by atoms with Gasteiger partial charge in [-0.05, 0) is 23.8 Å². The summed E-state index contributed by atoms with van der Waals surface area (Å²) >= 11 is 0. The zero-order chi connectivity index (χ0) is 16.3. The average Bonchev–Trinajstić information content (AvgIpc) is 2.46. The number of benzene rings is 2. The highest BCUT2D eigenvalue weighted by atomic mass is 19.4. The summed E-state index contributed by atoms with van der Waals surface area (Å²) in [7, 11) is 0. The Bertz CT molecular complexity index is 628. The number of halogens is 4. The van der Waals surface area contributed by atoms with Crippen LogP contribution < -0.4 is 5.73 Å². The maximum atomic E-state index is 13.7. The first-order chi connectivity index (χ1) is 10.3. The van der Waals surface area contributed by atoms with Gasteiger partial charge < -0.3 is 10.8 Å². The second-order valence-corrected chi connectivity index (χ2v) is 5.02. The van der Waals surface area contributed by atoms with Crippen molar-refractivity contribution in [3.8, 4) is 0 Å². The molecule has 0 saturated heterocycles. The van der Waals surface area contributed by atoms with Gasteiger partial charge in [-0.15, -0.1) is 0 Å². The van der Waals surface area contributed by atoms with Gasteiger partial charge >= 0.3 is 6.18 Å². The van der Waals surface area contributed by atoms with Crippen molar-refractivity contribution in [3.05, 3.63) is 71.0 Å². The van der Waals surface area contributed by atoms with E-state index in [2.05, 4.69) is 0 Å². The van der Waals surface area contributed by atoms with Crippen LogP contribution in [-0.4, -0.2) is 11.2 Å². The third-order valence-electron chi connectivity index (χ3n) is 3.38. The minimum atomic E-state index is -4.59. The number of rotatable bonds is 4. The summed E-state index contributed by atoms with van der Waals surface area (Å²) in [5.41, 5.74) is 5.16. The number of aliphatic hydroxyl groups is 1. The Morgan fingerprint density at radius 1 is 1.05 bits per heavy atom. The van der Waals surface area contributed by atoms with Gasteiger partial charge in [-0.2, -0.15) is 13.2 Å². The van der Waals surface area contributed by atoms with Crippen molar-refractivity contribution in [2.24, 2.45) is 5.73 Å². The van der Waals surface area contributed by atoms with E-state index in [9.17, 15) is 22.7 Å². The van der Waals surface area contributed by atoms with E-state index in [1.165, 1.54) is 0 Å². The van der Waals surface area contributed by atoms with Crippen LogP contribution in [0.5, 0.6) is 0 Å². The summed E-state index contributed by atoms with van der Waals surface area (Å²) < 4.78 is 51.8. The third-order valence-corrected chi connectivity index (χ3v) is 3.38. The smallest absolute Gasteiger partial charge is 0.391 e. The number of hydrogen-bond donors (Lipinski definition) is 2. The maximum absolute atomic E-state index is 13.7. The predicted octanol–water partition coefficient (Wildman–Crippen LogP) is 3.45. The van der Waals surface area contributed by atoms with Gasteiger partial charge in [-0.3, -0.25) is 0 Å². The SMILES string of the molecule is N[C@@H](c1cc(C(F)(F)F)ccc1F)[C@H](O)Cc1ccccc1. The Morgan fingerprint density at radius 2 is 1.68 bits per heavy atom. The van der Waals surface area contributed by atoms with Gasteiger partial charge in [0.1, 0.15) is 5.82 Å². The van der Waals surface area contributed by atoms with Crippen molar-refractivity contribution < 1.29 is 22.7 Å². The summed E-state index contributed by atoms with van der Waals surface area (Å²) in [5.74, 6) is -0.868. The molecule has 2 aromatic rings. The fourth-order valence-corrected chi connectivity index (χ4v) is 2.17. The van der Waals surface area contributed by atoms with Crippen LogP contribution in [-0.2, 0) is 12.6 Å². The molecular formula is C16H15F4NO. The van der Waals surface area contributed by atoms with Crippen molar-refractivity contribution >= 4 is 0 Å². The molecule has 0 saturated carbocycles. The Balaban J connectivity index is 2.23. The fraction of sp³-hybridized carbons (Fsp3) is 0.250. The lowest BCUT2D eigenvalue weighted by Gasteiger charge is -2.21. The molecule has 0 radical (unpaired) electrons. The van der Waals surface area contributed by atoms with Crippen LogP contribution in [0.2, 0.25) is 0 Å². The van der Waals surface area contributed by atoms with E-state index in [1.807, 2.05) is 0 Å². The van der Waals surface area contributed by atoms with Crippen molar-refractivity contribution in [2.45, 2.75) is 24.7 Å². The monoisotopic (exact) mass is 313 g/mol. The summed E-state index contributed by atoms with van der Waals surface area (Å²) in [5, 5.41) is 10.1. The minimum Gasteiger partial charge on any atom is -0.391 e. The van der Waals surface area contributed by atoms with Crippen molar-refractivity contribution in [3.63, 3.8) is 0 Å². The first kappa shape index (κ1) is 16.5. The van der Waals surface area contributed by atoms with E-state index in [1.54, 1.807) is 30.3 Å². The van der Waals surface area contributed by atoms with Crippen LogP contribution in [0.25, 0.3) is 0 Å². The summed E-state index contributed by atoms with van der Waals surface area (Å²) in [4.78, 5) is 0. The molecule has 3 N–H and O–H groups in total. The van der Waals surface area contributed by atoms with Gasteiger partial charge in [0.2, 0.25) is 0 Å². The Morgan fingerprint density at radius 3 is 2.27 bits per heavy atom. The Hall–Kier alpha value is -1.92. The van der Waals surface area contributed by atoms with Crippen molar-refractivity contribution in [1.82, 2.24) is 0 Å². The lowest BCUT2D eigenvalue weighted by molar-refractivity contribution is -0.137. The molecule has 2 rings (SSSR count). The molecule has 0 bridgehead atoms. The quantitative estimate of drug-likeness (QED) is 0.849. The largest absolute Gasteiger partial charge is 0.416 e. The number of nitrogens with two attached hydrogens (primary N) is 1. The van der Waals surface area contributed by atoms with E-state index in [4.69, 9.17) is 5.73 Å². The van der Waals surface area contributed by atoms with E-state index >= 15 is 0 Å². The number of aliphatic hydroxyl groups excluding tert-OH is 1. The van der Waals surface area contributed by atoms with Gasteiger partial charge in [0.25, 0.3) is 0 Å². The Kier molecular flexibility index (Phi) is 4.83. The van der Waals surface area contributed by atoms with E-state index in [-0.39, 0.29) is 12.0 Å². The molecule has 0 aromatic heterocycles. The zero-order valence-electron chi connectivity index (χ0n) is 11.5. The lowest BCUT2D eigenvalue weighted by atomic mass is 9.95. The van der Waals surface area contributed by atoms with Crippen LogP contribution in [0.4, 0.5) is 17.6 Å². The highest BCUT2D eigenvalue weighted by Crippen LogP contribution is 2.32. The lowest BCUT2D eigenvalue weighted by Crippen LogP contribution is -2.29. The first-order valence-corrected chi connectivity index (χ1v) is 6.63. The van der Waals surface area contributed by atoms with E-state index in [0.29, 0.717) is 18.2 Å². The van der Waals surface area contributed by atoms with Crippen LogP contribution in [0, 0.1) is 5.82 Å². The standard InChI is InChI=1S/C16H15F4NO/c17-13-7-6-11(16(18,19)20)9-12(13)15(21)14(22)8-10-4-2-1-3-5-10/h1-7,9,14-15,22H,8,21H2/t14-,15+/m1/s1. The van der Waals surface area contributed by atoms with Gasteiger partial charge in [0, 0.05) is 12.0 Å². The average molecular weight is 313 g/mol. The van der Waals surface area contributed by atoms with Crippen LogP contribution in [0.1, 0.15) is 22.7 Å². The summed E-state index contributed by atoms with van der Waals surface area (Å²) in [6, 6.07) is 9.58. The van der Waals surface area contributed by atoms with Gasteiger partial charge in [0.15, 0.2) is 0 Å². The highest BCUT2D eigenvalue weighted by molar-refractivity contribution is 5.30. The van der Waals surface area contributed by atoms with Gasteiger partial charge in [0.05, 0.1) is 17.7 Å². The number of alkyl halides is 3. The first-order valence-electron chi connectivity index (χ1n) is 6.63. The molecule has 22 heavy (non-hydrogen) atoms. The zero-order valence-corrected chi connectivity index (χ0v) is 11.5. The molecule has 0 spiro atoms. The second-order valence-electron chi connectivity index (χ2n) is 5.02. The van der Waals surface area contributed by atoms with Crippen LogP contribution >= 0.6 is 0 Å². The highest BCUT2D eigenvalue weighted by Gasteiger charge is 2.32. The third kappa shape index (κ3) is 3.84.